The number of aryl methyl sites for hydroxylation is 4. The Labute approximate surface area is 247 Å². The molecule has 41 heavy (non-hydrogen) atoms. The molecule has 0 radical (unpaired) electrons. The molecule has 0 spiro atoms. The monoisotopic (exact) mass is 565 g/mol. The number of hydrogen-bond donors (Lipinski definition) is 2. The molecule has 2 N–H and O–H groups in total. The van der Waals surface area contributed by atoms with Gasteiger partial charge in [0.05, 0.1) is 0 Å². The summed E-state index contributed by atoms with van der Waals surface area (Å²) >= 11 is 0. The Hall–Kier alpha value is -3.35. The summed E-state index contributed by atoms with van der Waals surface area (Å²) in [4.78, 5) is 43.1. The van der Waals surface area contributed by atoms with Gasteiger partial charge in [0.25, 0.3) is 5.91 Å². The van der Waals surface area contributed by atoms with Crippen LogP contribution in [0.15, 0.2) is 36.4 Å². The van der Waals surface area contributed by atoms with Crippen molar-refractivity contribution in [2.75, 3.05) is 11.9 Å². The number of amides is 3. The standard InChI is InChI=1S/C34H51N3O4/c1-11-12-13-14-20-37(32(39)28(22(2)3)36-33(40)41-34(8,9)10)30(27-19-18-23(4)26(7)21-27)31(38)35-29-24(5)16-15-17-25(29)6/h15-19,21-22,28,30H,11-14,20H2,1-10H3,(H,35,38)(H,36,40). The Kier molecular flexibility index (Phi) is 12.4. The largest absolute Gasteiger partial charge is 0.444 e. The molecular weight excluding hydrogens is 514 g/mol. The van der Waals surface area contributed by atoms with Crippen LogP contribution in [-0.2, 0) is 14.3 Å². The second-order valence-electron chi connectivity index (χ2n) is 12.5. The van der Waals surface area contributed by atoms with Crippen molar-refractivity contribution in [1.82, 2.24) is 10.2 Å². The van der Waals surface area contributed by atoms with Crippen LogP contribution in [-0.4, -0.2) is 41.0 Å². The van der Waals surface area contributed by atoms with Gasteiger partial charge in [0.15, 0.2) is 0 Å². The van der Waals surface area contributed by atoms with Crippen LogP contribution in [0.4, 0.5) is 10.5 Å². The number of carbonyl (C=O) groups excluding carboxylic acids is 3. The lowest BCUT2D eigenvalue weighted by Crippen LogP contribution is -2.54. The van der Waals surface area contributed by atoms with E-state index in [1.807, 2.05) is 77.9 Å². The van der Waals surface area contributed by atoms with Crippen molar-refractivity contribution in [2.24, 2.45) is 5.92 Å². The van der Waals surface area contributed by atoms with E-state index in [0.717, 1.165) is 59.2 Å². The van der Waals surface area contributed by atoms with Crippen molar-refractivity contribution in [3.8, 4) is 0 Å². The maximum atomic E-state index is 14.4. The van der Waals surface area contributed by atoms with E-state index in [1.165, 1.54) is 0 Å². The van der Waals surface area contributed by atoms with Gasteiger partial charge in [0, 0.05) is 12.2 Å². The van der Waals surface area contributed by atoms with Crippen LogP contribution in [0.1, 0.15) is 101 Å². The Morgan fingerprint density at radius 3 is 2.05 bits per heavy atom. The van der Waals surface area contributed by atoms with Gasteiger partial charge in [-0.1, -0.05) is 76.4 Å². The number of benzene rings is 2. The zero-order valence-electron chi connectivity index (χ0n) is 26.8. The van der Waals surface area contributed by atoms with E-state index in [0.29, 0.717) is 6.54 Å². The number of rotatable bonds is 12. The summed E-state index contributed by atoms with van der Waals surface area (Å²) in [6.07, 6.45) is 3.11. The molecule has 2 atom stereocenters. The summed E-state index contributed by atoms with van der Waals surface area (Å²) in [5, 5.41) is 5.95. The van der Waals surface area contributed by atoms with Gasteiger partial charge in [-0.3, -0.25) is 9.59 Å². The Balaban J connectivity index is 2.61. The normalized spacial score (nSPS) is 13.0. The first-order valence-corrected chi connectivity index (χ1v) is 14.9. The molecule has 0 bridgehead atoms. The van der Waals surface area contributed by atoms with Crippen molar-refractivity contribution in [1.29, 1.82) is 0 Å². The third-order valence-corrected chi connectivity index (χ3v) is 7.28. The van der Waals surface area contributed by atoms with Crippen LogP contribution in [0, 0.1) is 33.6 Å². The number of nitrogens with one attached hydrogen (secondary N) is 2. The smallest absolute Gasteiger partial charge is 0.408 e. The fourth-order valence-corrected chi connectivity index (χ4v) is 4.81. The lowest BCUT2D eigenvalue weighted by molar-refractivity contribution is -0.141. The van der Waals surface area contributed by atoms with Crippen molar-refractivity contribution in [3.05, 3.63) is 64.2 Å². The van der Waals surface area contributed by atoms with Crippen molar-refractivity contribution >= 4 is 23.6 Å². The second kappa shape index (κ2) is 15.0. The number of unbranched alkanes of at least 4 members (excludes halogenated alkanes) is 3. The molecule has 2 aromatic carbocycles. The second-order valence-corrected chi connectivity index (χ2v) is 12.5. The number of hydrogen-bond acceptors (Lipinski definition) is 4. The molecule has 2 aromatic rings. The van der Waals surface area contributed by atoms with Crippen LogP contribution in [0.25, 0.3) is 0 Å². The van der Waals surface area contributed by atoms with E-state index < -0.39 is 23.8 Å². The molecule has 2 unspecified atom stereocenters. The summed E-state index contributed by atoms with van der Waals surface area (Å²) in [6.45, 7) is 19.6. The van der Waals surface area contributed by atoms with Crippen molar-refractivity contribution < 1.29 is 19.1 Å². The molecule has 7 heteroatoms. The number of para-hydroxylation sites is 1. The van der Waals surface area contributed by atoms with Crippen LogP contribution in [0.5, 0.6) is 0 Å². The molecule has 0 fully saturated rings. The number of nitrogens with zero attached hydrogens (tertiary/aromatic N) is 1. The minimum Gasteiger partial charge on any atom is -0.444 e. The topological polar surface area (TPSA) is 87.7 Å². The van der Waals surface area contributed by atoms with Gasteiger partial charge in [-0.2, -0.15) is 0 Å². The average Bonchev–Trinajstić information content (AvgIpc) is 2.87. The highest BCUT2D eigenvalue weighted by Gasteiger charge is 2.37. The van der Waals surface area contributed by atoms with Gasteiger partial charge in [-0.25, -0.2) is 4.79 Å². The van der Waals surface area contributed by atoms with Crippen LogP contribution in [0.3, 0.4) is 0 Å². The highest BCUT2D eigenvalue weighted by atomic mass is 16.6. The van der Waals surface area contributed by atoms with Crippen molar-refractivity contribution in [3.63, 3.8) is 0 Å². The molecule has 0 aliphatic rings. The fourth-order valence-electron chi connectivity index (χ4n) is 4.81. The van der Waals surface area contributed by atoms with Gasteiger partial charge in [-0.05, 0) is 88.6 Å². The van der Waals surface area contributed by atoms with Gasteiger partial charge in [0.1, 0.15) is 17.7 Å². The molecule has 0 saturated carbocycles. The first-order chi connectivity index (χ1) is 19.2. The highest BCUT2D eigenvalue weighted by molar-refractivity contribution is 6.00. The van der Waals surface area contributed by atoms with E-state index in [2.05, 4.69) is 17.6 Å². The fraction of sp³-hybridized carbons (Fsp3) is 0.559. The van der Waals surface area contributed by atoms with Crippen LogP contribution in [0.2, 0.25) is 0 Å². The van der Waals surface area contributed by atoms with Gasteiger partial charge >= 0.3 is 6.09 Å². The third kappa shape index (κ3) is 9.91. The van der Waals surface area contributed by atoms with Crippen molar-refractivity contribution in [2.45, 2.75) is 113 Å². The quantitative estimate of drug-likeness (QED) is 0.260. The minimum absolute atomic E-state index is 0.227. The first kappa shape index (κ1) is 33.9. The van der Waals surface area contributed by atoms with E-state index in [4.69, 9.17) is 4.74 Å². The lowest BCUT2D eigenvalue weighted by Gasteiger charge is -2.36. The number of carbonyl (C=O) groups is 3. The molecule has 3 amide bonds. The number of anilines is 1. The molecule has 7 nitrogen and oxygen atoms in total. The zero-order chi connectivity index (χ0) is 30.9. The Morgan fingerprint density at radius 2 is 1.51 bits per heavy atom. The average molecular weight is 566 g/mol. The summed E-state index contributed by atoms with van der Waals surface area (Å²) in [7, 11) is 0. The van der Waals surface area contributed by atoms with E-state index in [1.54, 1.807) is 25.7 Å². The molecule has 226 valence electrons. The van der Waals surface area contributed by atoms with Crippen LogP contribution >= 0.6 is 0 Å². The molecule has 0 aliphatic carbocycles. The van der Waals surface area contributed by atoms with E-state index >= 15 is 0 Å². The van der Waals surface area contributed by atoms with E-state index in [-0.39, 0.29) is 17.7 Å². The first-order valence-electron chi connectivity index (χ1n) is 14.9. The maximum Gasteiger partial charge on any atom is 0.408 e. The molecule has 0 aromatic heterocycles. The number of alkyl carbamates (subject to hydrolysis) is 1. The molecule has 2 rings (SSSR count). The molecular formula is C34H51N3O4. The van der Waals surface area contributed by atoms with E-state index in [9.17, 15) is 14.4 Å². The SMILES string of the molecule is CCCCCCN(C(=O)C(NC(=O)OC(C)(C)C)C(C)C)C(C(=O)Nc1c(C)cccc1C)c1ccc(C)c(C)c1. The predicted molar refractivity (Wildman–Crippen MR) is 167 cm³/mol. The minimum atomic E-state index is -0.885. The van der Waals surface area contributed by atoms with Crippen LogP contribution < -0.4 is 10.6 Å². The number of ether oxygens (including phenoxy) is 1. The summed E-state index contributed by atoms with van der Waals surface area (Å²) in [5.41, 5.74) is 4.82. The van der Waals surface area contributed by atoms with Gasteiger partial charge in [-0.15, -0.1) is 0 Å². The highest BCUT2D eigenvalue weighted by Crippen LogP contribution is 2.29. The zero-order valence-corrected chi connectivity index (χ0v) is 26.8. The van der Waals surface area contributed by atoms with Gasteiger partial charge < -0.3 is 20.3 Å². The van der Waals surface area contributed by atoms with Gasteiger partial charge in [0.2, 0.25) is 5.91 Å². The molecule has 0 saturated heterocycles. The Bertz CT molecular complexity index is 1180. The summed E-state index contributed by atoms with van der Waals surface area (Å²) < 4.78 is 5.49. The predicted octanol–water partition coefficient (Wildman–Crippen LogP) is 7.56. The molecule has 0 aliphatic heterocycles. The maximum absolute atomic E-state index is 14.4. The lowest BCUT2D eigenvalue weighted by atomic mass is 9.96. The molecule has 0 heterocycles. The third-order valence-electron chi connectivity index (χ3n) is 7.28. The summed E-state index contributed by atoms with van der Waals surface area (Å²) in [5.74, 6) is -0.813. The Morgan fingerprint density at radius 1 is 0.878 bits per heavy atom. The summed E-state index contributed by atoms with van der Waals surface area (Å²) in [6, 6.07) is 10.0.